The van der Waals surface area contributed by atoms with Gasteiger partial charge in [0.1, 0.15) is 0 Å². The summed E-state index contributed by atoms with van der Waals surface area (Å²) in [6, 6.07) is 26.4. The van der Waals surface area contributed by atoms with Crippen LogP contribution in [0.2, 0.25) is 0 Å². The zero-order chi connectivity index (χ0) is 20.0. The van der Waals surface area contributed by atoms with Gasteiger partial charge in [-0.25, -0.2) is 8.42 Å². The summed E-state index contributed by atoms with van der Waals surface area (Å²) in [6.45, 7) is 0. The first-order chi connectivity index (χ1) is 13.4. The van der Waals surface area contributed by atoms with E-state index in [9.17, 15) is 13.2 Å². The van der Waals surface area contributed by atoms with E-state index < -0.39 is 9.84 Å². The van der Waals surface area contributed by atoms with Crippen molar-refractivity contribution in [3.8, 4) is 0 Å². The van der Waals surface area contributed by atoms with Crippen molar-refractivity contribution in [3.63, 3.8) is 0 Å². The van der Waals surface area contributed by atoms with Crippen molar-refractivity contribution in [2.45, 2.75) is 18.2 Å². The van der Waals surface area contributed by atoms with Crippen LogP contribution in [0.25, 0.3) is 0 Å². The highest BCUT2D eigenvalue weighted by atomic mass is 32.2. The first-order valence-corrected chi connectivity index (χ1v) is 11.1. The third-order valence-corrected chi connectivity index (χ3v) is 5.27. The molecule has 0 spiro atoms. The third kappa shape index (κ3) is 5.79. The van der Waals surface area contributed by atoms with Gasteiger partial charge in [-0.3, -0.25) is 4.79 Å². The molecule has 0 aliphatic heterocycles. The second-order valence-electron chi connectivity index (χ2n) is 6.90. The highest BCUT2D eigenvalue weighted by Gasteiger charge is 2.17. The minimum atomic E-state index is -3.16. The molecule has 0 aromatic heterocycles. The maximum absolute atomic E-state index is 12.9. The molecule has 3 aromatic carbocycles. The minimum Gasteiger partial charge on any atom is -0.345 e. The lowest BCUT2D eigenvalue weighted by molar-refractivity contribution is 0.0936. The smallest absolute Gasteiger partial charge is 0.251 e. The Morgan fingerprint density at radius 1 is 0.857 bits per heavy atom. The van der Waals surface area contributed by atoms with Crippen LogP contribution in [0.15, 0.2) is 84.9 Å². The summed E-state index contributed by atoms with van der Waals surface area (Å²) in [5.41, 5.74) is 3.21. The fourth-order valence-corrected chi connectivity index (χ4v) is 3.92. The largest absolute Gasteiger partial charge is 0.345 e. The van der Waals surface area contributed by atoms with Crippen LogP contribution >= 0.6 is 0 Å². The summed E-state index contributed by atoms with van der Waals surface area (Å²) in [5.74, 6) is -0.305. The normalized spacial score (nSPS) is 12.3. The quantitative estimate of drug-likeness (QED) is 0.661. The summed E-state index contributed by atoms with van der Waals surface area (Å²) in [5, 5.41) is 3.10. The Labute approximate surface area is 166 Å². The van der Waals surface area contributed by atoms with Crippen LogP contribution in [-0.2, 0) is 22.0 Å². The van der Waals surface area contributed by atoms with Gasteiger partial charge in [-0.2, -0.15) is 0 Å². The molecule has 144 valence electrons. The number of rotatable bonds is 7. The van der Waals surface area contributed by atoms with Gasteiger partial charge in [0.05, 0.1) is 11.8 Å². The average Bonchev–Trinajstić information content (AvgIpc) is 2.68. The average molecular weight is 394 g/mol. The molecule has 1 atom stereocenters. The summed E-state index contributed by atoms with van der Waals surface area (Å²) in [6.07, 6.45) is 1.85. The fraction of sp³-hybridized carbons (Fsp3) is 0.174. The number of carbonyl (C=O) groups is 1. The summed E-state index contributed by atoms with van der Waals surface area (Å²) >= 11 is 0. The first kappa shape index (κ1) is 19.8. The number of benzene rings is 3. The van der Waals surface area contributed by atoms with Crippen molar-refractivity contribution < 1.29 is 13.2 Å². The number of sulfone groups is 1. The molecule has 0 saturated heterocycles. The Hall–Kier alpha value is -2.92. The van der Waals surface area contributed by atoms with E-state index in [1.165, 1.54) is 6.26 Å². The van der Waals surface area contributed by atoms with Crippen LogP contribution in [0.5, 0.6) is 0 Å². The van der Waals surface area contributed by atoms with E-state index in [1.54, 1.807) is 24.3 Å². The third-order valence-electron chi connectivity index (χ3n) is 4.41. The van der Waals surface area contributed by atoms with Crippen molar-refractivity contribution in [2.75, 3.05) is 6.26 Å². The number of carbonyl (C=O) groups excluding carboxylic acids is 1. The van der Waals surface area contributed by atoms with Gasteiger partial charge in [0.25, 0.3) is 5.91 Å². The van der Waals surface area contributed by atoms with Crippen LogP contribution in [0, 0.1) is 0 Å². The SMILES string of the molecule is CS(=O)(=O)Cc1cccc(C(=O)NC(Cc2ccccc2)c2ccccc2)c1. The molecular weight excluding hydrogens is 370 g/mol. The number of amides is 1. The van der Waals surface area contributed by atoms with E-state index in [4.69, 9.17) is 0 Å². The van der Waals surface area contributed by atoms with Gasteiger partial charge >= 0.3 is 0 Å². The predicted molar refractivity (Wildman–Crippen MR) is 112 cm³/mol. The molecule has 0 fully saturated rings. The van der Waals surface area contributed by atoms with E-state index in [1.807, 2.05) is 60.7 Å². The predicted octanol–water partition coefficient (Wildman–Crippen LogP) is 3.95. The van der Waals surface area contributed by atoms with Crippen LogP contribution in [-0.4, -0.2) is 20.6 Å². The maximum Gasteiger partial charge on any atom is 0.251 e. The molecule has 28 heavy (non-hydrogen) atoms. The molecule has 0 bridgehead atoms. The van der Waals surface area contributed by atoms with Crippen LogP contribution < -0.4 is 5.32 Å². The van der Waals surface area contributed by atoms with Crippen molar-refractivity contribution in [2.24, 2.45) is 0 Å². The van der Waals surface area contributed by atoms with E-state index in [2.05, 4.69) is 5.32 Å². The van der Waals surface area contributed by atoms with Crippen molar-refractivity contribution in [3.05, 3.63) is 107 Å². The molecule has 5 heteroatoms. The number of hydrogen-bond donors (Lipinski definition) is 1. The molecule has 0 saturated carbocycles. The molecule has 0 heterocycles. The standard InChI is InChI=1S/C23H23NO3S/c1-28(26,27)17-19-11-8-14-21(15-19)23(25)24-22(20-12-6-3-7-13-20)16-18-9-4-2-5-10-18/h2-15,22H,16-17H2,1H3,(H,24,25). The van der Waals surface area contributed by atoms with E-state index in [-0.39, 0.29) is 17.7 Å². The highest BCUT2D eigenvalue weighted by molar-refractivity contribution is 7.89. The lowest BCUT2D eigenvalue weighted by Crippen LogP contribution is -2.30. The van der Waals surface area contributed by atoms with Gasteiger partial charge in [0.2, 0.25) is 0 Å². The number of hydrogen-bond acceptors (Lipinski definition) is 3. The Bertz CT molecular complexity index is 1030. The fourth-order valence-electron chi connectivity index (χ4n) is 3.13. The molecule has 1 amide bonds. The van der Waals surface area contributed by atoms with Crippen LogP contribution in [0.3, 0.4) is 0 Å². The Balaban J connectivity index is 1.82. The Morgan fingerprint density at radius 2 is 1.46 bits per heavy atom. The Kier molecular flexibility index (Phi) is 6.26. The van der Waals surface area contributed by atoms with Gasteiger partial charge < -0.3 is 5.32 Å². The minimum absolute atomic E-state index is 0.0831. The van der Waals surface area contributed by atoms with Gasteiger partial charge in [-0.05, 0) is 35.2 Å². The molecule has 0 radical (unpaired) electrons. The van der Waals surface area contributed by atoms with Gasteiger partial charge in [0.15, 0.2) is 9.84 Å². The topological polar surface area (TPSA) is 63.2 Å². The maximum atomic E-state index is 12.9. The lowest BCUT2D eigenvalue weighted by Gasteiger charge is -2.20. The van der Waals surface area contributed by atoms with E-state index >= 15 is 0 Å². The van der Waals surface area contributed by atoms with Gasteiger partial charge in [0, 0.05) is 11.8 Å². The monoisotopic (exact) mass is 393 g/mol. The second kappa shape index (κ2) is 8.85. The van der Waals surface area contributed by atoms with E-state index in [0.29, 0.717) is 17.5 Å². The van der Waals surface area contributed by atoms with Crippen molar-refractivity contribution >= 4 is 15.7 Å². The summed E-state index contributed by atoms with van der Waals surface area (Å²) in [4.78, 5) is 12.9. The lowest BCUT2D eigenvalue weighted by atomic mass is 9.98. The first-order valence-electron chi connectivity index (χ1n) is 9.07. The zero-order valence-corrected chi connectivity index (χ0v) is 16.5. The van der Waals surface area contributed by atoms with Gasteiger partial charge in [-0.1, -0.05) is 72.8 Å². The van der Waals surface area contributed by atoms with Gasteiger partial charge in [-0.15, -0.1) is 0 Å². The highest BCUT2D eigenvalue weighted by Crippen LogP contribution is 2.19. The molecule has 3 aromatic rings. The zero-order valence-electron chi connectivity index (χ0n) is 15.7. The molecular formula is C23H23NO3S. The summed E-state index contributed by atoms with van der Waals surface area (Å²) < 4.78 is 23.1. The van der Waals surface area contributed by atoms with Crippen molar-refractivity contribution in [1.82, 2.24) is 5.32 Å². The second-order valence-corrected chi connectivity index (χ2v) is 9.04. The van der Waals surface area contributed by atoms with Crippen LogP contribution in [0.4, 0.5) is 0 Å². The molecule has 1 N–H and O–H groups in total. The summed E-state index contributed by atoms with van der Waals surface area (Å²) in [7, 11) is -3.16. The molecule has 1 unspecified atom stereocenters. The molecule has 0 aliphatic rings. The Morgan fingerprint density at radius 3 is 2.11 bits per heavy atom. The van der Waals surface area contributed by atoms with E-state index in [0.717, 1.165) is 11.1 Å². The van der Waals surface area contributed by atoms with Crippen molar-refractivity contribution in [1.29, 1.82) is 0 Å². The molecule has 4 nitrogen and oxygen atoms in total. The molecule has 3 rings (SSSR count). The number of nitrogens with one attached hydrogen (secondary N) is 1. The molecule has 0 aliphatic carbocycles. The van der Waals surface area contributed by atoms with Crippen LogP contribution in [0.1, 0.15) is 33.1 Å².